The number of likely N-dealkylation sites (tertiary alicyclic amines) is 1. The molecule has 0 spiro atoms. The second kappa shape index (κ2) is 7.67. The molecular weight excluding hydrogens is 302 g/mol. The van der Waals surface area contributed by atoms with Crippen LogP contribution in [0.15, 0.2) is 40.8 Å². The summed E-state index contributed by atoms with van der Waals surface area (Å²) in [6.45, 7) is 6.74. The van der Waals surface area contributed by atoms with Crippen molar-refractivity contribution in [2.75, 3.05) is 19.7 Å². The molecule has 0 aliphatic carbocycles. The summed E-state index contributed by atoms with van der Waals surface area (Å²) in [6.07, 6.45) is 1.99. The van der Waals surface area contributed by atoms with Gasteiger partial charge in [0.1, 0.15) is 11.5 Å². The first kappa shape index (κ1) is 16.8. The van der Waals surface area contributed by atoms with Gasteiger partial charge in [-0.2, -0.15) is 0 Å². The first-order chi connectivity index (χ1) is 11.6. The molecule has 1 saturated heterocycles. The fourth-order valence-corrected chi connectivity index (χ4v) is 3.23. The van der Waals surface area contributed by atoms with E-state index in [0.717, 1.165) is 38.3 Å². The fraction of sp³-hybridized carbons (Fsp3) is 0.450. The van der Waals surface area contributed by atoms with Gasteiger partial charge in [0.05, 0.1) is 12.2 Å². The highest BCUT2D eigenvalue weighted by Crippen LogP contribution is 2.22. The van der Waals surface area contributed by atoms with Crippen LogP contribution in [-0.4, -0.2) is 30.5 Å². The lowest BCUT2D eigenvalue weighted by Gasteiger charge is -2.31. The molecule has 0 radical (unpaired) electrons. The van der Waals surface area contributed by atoms with Crippen LogP contribution in [0.2, 0.25) is 0 Å². The van der Waals surface area contributed by atoms with Crippen LogP contribution in [0, 0.1) is 19.8 Å². The average Bonchev–Trinajstić information content (AvgIpc) is 2.94. The van der Waals surface area contributed by atoms with E-state index in [0.29, 0.717) is 23.8 Å². The van der Waals surface area contributed by atoms with E-state index in [1.165, 1.54) is 5.56 Å². The number of ether oxygens (including phenoxy) is 1. The molecule has 1 aliphatic rings. The Kier molecular flexibility index (Phi) is 5.36. The van der Waals surface area contributed by atoms with Crippen LogP contribution in [0.3, 0.4) is 0 Å². The highest BCUT2D eigenvalue weighted by Gasteiger charge is 2.25. The molecule has 0 N–H and O–H groups in total. The summed E-state index contributed by atoms with van der Waals surface area (Å²) in [4.78, 5) is 14.5. The van der Waals surface area contributed by atoms with Gasteiger partial charge in [0.15, 0.2) is 0 Å². The number of carbonyl (C=O) groups is 1. The maximum absolute atomic E-state index is 12.6. The molecule has 4 nitrogen and oxygen atoms in total. The van der Waals surface area contributed by atoms with Crippen molar-refractivity contribution in [1.29, 1.82) is 0 Å². The van der Waals surface area contributed by atoms with E-state index >= 15 is 0 Å². The second-order valence-electron chi connectivity index (χ2n) is 6.56. The third-order valence-corrected chi connectivity index (χ3v) is 4.64. The fourth-order valence-electron chi connectivity index (χ4n) is 3.23. The minimum atomic E-state index is 0.0907. The third-order valence-electron chi connectivity index (χ3n) is 4.64. The molecule has 2 aromatic rings. The molecule has 3 rings (SSSR count). The van der Waals surface area contributed by atoms with Crippen molar-refractivity contribution in [3.8, 4) is 0 Å². The number of amides is 1. The molecule has 0 bridgehead atoms. The van der Waals surface area contributed by atoms with Crippen LogP contribution in [0.1, 0.15) is 40.3 Å². The van der Waals surface area contributed by atoms with Crippen molar-refractivity contribution < 1.29 is 13.9 Å². The highest BCUT2D eigenvalue weighted by molar-refractivity contribution is 5.95. The SMILES string of the molecule is Cc1cc(C(=O)N2CCC(COCc3ccccc3)CC2)c(C)o1. The average molecular weight is 327 g/mol. The summed E-state index contributed by atoms with van der Waals surface area (Å²) in [5.41, 5.74) is 1.90. The summed E-state index contributed by atoms with van der Waals surface area (Å²) in [5, 5.41) is 0. The van der Waals surface area contributed by atoms with Gasteiger partial charge in [-0.3, -0.25) is 4.79 Å². The molecule has 1 fully saturated rings. The summed E-state index contributed by atoms with van der Waals surface area (Å²) in [5.74, 6) is 2.13. The minimum absolute atomic E-state index is 0.0907. The zero-order valence-corrected chi connectivity index (χ0v) is 14.5. The molecule has 0 saturated carbocycles. The first-order valence-corrected chi connectivity index (χ1v) is 8.61. The van der Waals surface area contributed by atoms with Crippen molar-refractivity contribution in [3.63, 3.8) is 0 Å². The summed E-state index contributed by atoms with van der Waals surface area (Å²) in [7, 11) is 0. The number of hydrogen-bond acceptors (Lipinski definition) is 3. The van der Waals surface area contributed by atoms with Gasteiger partial charge in [-0.25, -0.2) is 0 Å². The van der Waals surface area contributed by atoms with Crippen molar-refractivity contribution >= 4 is 5.91 Å². The number of nitrogens with zero attached hydrogens (tertiary/aromatic N) is 1. The molecule has 1 aromatic carbocycles. The number of carbonyl (C=O) groups excluding carboxylic acids is 1. The Morgan fingerprint density at radius 3 is 2.54 bits per heavy atom. The molecule has 128 valence electrons. The first-order valence-electron chi connectivity index (χ1n) is 8.61. The molecule has 24 heavy (non-hydrogen) atoms. The van der Waals surface area contributed by atoms with E-state index < -0.39 is 0 Å². The standard InChI is InChI=1S/C20H25NO3/c1-15-12-19(16(2)24-15)20(22)21-10-8-18(9-11-21)14-23-13-17-6-4-3-5-7-17/h3-7,12,18H,8-11,13-14H2,1-2H3. The van der Waals surface area contributed by atoms with Crippen LogP contribution in [0.25, 0.3) is 0 Å². The molecule has 1 amide bonds. The maximum Gasteiger partial charge on any atom is 0.257 e. The van der Waals surface area contributed by atoms with Crippen LogP contribution < -0.4 is 0 Å². The Morgan fingerprint density at radius 2 is 1.92 bits per heavy atom. The quantitative estimate of drug-likeness (QED) is 0.834. The van der Waals surface area contributed by atoms with Gasteiger partial charge in [-0.05, 0) is 44.2 Å². The van der Waals surface area contributed by atoms with E-state index in [-0.39, 0.29) is 5.91 Å². The Balaban J connectivity index is 1.44. The zero-order valence-electron chi connectivity index (χ0n) is 14.5. The van der Waals surface area contributed by atoms with Gasteiger partial charge >= 0.3 is 0 Å². The van der Waals surface area contributed by atoms with Crippen molar-refractivity contribution in [1.82, 2.24) is 4.90 Å². The molecule has 0 atom stereocenters. The summed E-state index contributed by atoms with van der Waals surface area (Å²) < 4.78 is 11.3. The van der Waals surface area contributed by atoms with Gasteiger partial charge in [0, 0.05) is 19.7 Å². The molecular formula is C20H25NO3. The smallest absolute Gasteiger partial charge is 0.257 e. The molecule has 1 aromatic heterocycles. The number of piperidine rings is 1. The van der Waals surface area contributed by atoms with E-state index in [1.54, 1.807) is 0 Å². The monoisotopic (exact) mass is 327 g/mol. The topological polar surface area (TPSA) is 42.7 Å². The lowest BCUT2D eigenvalue weighted by Crippen LogP contribution is -2.39. The lowest BCUT2D eigenvalue weighted by molar-refractivity contribution is 0.0477. The van der Waals surface area contributed by atoms with Gasteiger partial charge in [0.2, 0.25) is 0 Å². The Morgan fingerprint density at radius 1 is 1.21 bits per heavy atom. The number of aryl methyl sites for hydroxylation is 2. The summed E-state index contributed by atoms with van der Waals surface area (Å²) >= 11 is 0. The van der Waals surface area contributed by atoms with Crippen LogP contribution >= 0.6 is 0 Å². The minimum Gasteiger partial charge on any atom is -0.466 e. The van der Waals surface area contributed by atoms with Crippen LogP contribution in [0.4, 0.5) is 0 Å². The third kappa shape index (κ3) is 4.06. The second-order valence-corrected chi connectivity index (χ2v) is 6.56. The van der Waals surface area contributed by atoms with Crippen molar-refractivity contribution in [2.45, 2.75) is 33.3 Å². The predicted octanol–water partition coefficient (Wildman–Crippen LogP) is 3.97. The Bertz CT molecular complexity index is 669. The molecule has 0 unspecified atom stereocenters. The van der Waals surface area contributed by atoms with Crippen molar-refractivity contribution in [3.05, 3.63) is 59.0 Å². The molecule has 4 heteroatoms. The van der Waals surface area contributed by atoms with Gasteiger partial charge < -0.3 is 14.1 Å². The van der Waals surface area contributed by atoms with E-state index in [4.69, 9.17) is 9.15 Å². The van der Waals surface area contributed by atoms with Crippen molar-refractivity contribution in [2.24, 2.45) is 5.92 Å². The van der Waals surface area contributed by atoms with E-state index in [1.807, 2.05) is 43.0 Å². The number of benzene rings is 1. The number of hydrogen-bond donors (Lipinski definition) is 0. The van der Waals surface area contributed by atoms with Gasteiger partial charge in [-0.15, -0.1) is 0 Å². The normalized spacial score (nSPS) is 15.7. The van der Waals surface area contributed by atoms with Crippen LogP contribution in [0.5, 0.6) is 0 Å². The Labute approximate surface area is 143 Å². The molecule has 2 heterocycles. The maximum atomic E-state index is 12.6. The lowest BCUT2D eigenvalue weighted by atomic mass is 9.97. The van der Waals surface area contributed by atoms with Crippen LogP contribution in [-0.2, 0) is 11.3 Å². The zero-order chi connectivity index (χ0) is 16.9. The number of furan rings is 1. The largest absolute Gasteiger partial charge is 0.466 e. The predicted molar refractivity (Wildman–Crippen MR) is 92.9 cm³/mol. The van der Waals surface area contributed by atoms with Gasteiger partial charge in [-0.1, -0.05) is 30.3 Å². The Hall–Kier alpha value is -2.07. The molecule has 1 aliphatic heterocycles. The van der Waals surface area contributed by atoms with Gasteiger partial charge in [0.25, 0.3) is 5.91 Å². The van der Waals surface area contributed by atoms with E-state index in [2.05, 4.69) is 12.1 Å². The highest BCUT2D eigenvalue weighted by atomic mass is 16.5. The summed E-state index contributed by atoms with van der Waals surface area (Å²) in [6, 6.07) is 12.1. The number of rotatable bonds is 5. The van der Waals surface area contributed by atoms with E-state index in [9.17, 15) is 4.79 Å².